The molecule has 3 aromatic rings. The number of hydrogen-bond acceptors (Lipinski definition) is 5. The topological polar surface area (TPSA) is 72.0 Å². The van der Waals surface area contributed by atoms with E-state index in [-0.39, 0.29) is 5.41 Å². The molecule has 35 heavy (non-hydrogen) atoms. The van der Waals surface area contributed by atoms with Gasteiger partial charge in [0, 0.05) is 25.3 Å². The third kappa shape index (κ3) is 7.44. The average molecular weight is 479 g/mol. The Bertz CT molecular complexity index is 1050. The molecule has 0 unspecified atom stereocenters. The Morgan fingerprint density at radius 2 is 1.54 bits per heavy atom. The van der Waals surface area contributed by atoms with Crippen molar-refractivity contribution in [1.29, 1.82) is 0 Å². The molecule has 0 spiro atoms. The van der Waals surface area contributed by atoms with Gasteiger partial charge >= 0.3 is 0 Å². The fraction of sp³-hybridized carbons (Fsp3) is 0.586. The van der Waals surface area contributed by atoms with Gasteiger partial charge < -0.3 is 16.0 Å². The fourth-order valence-electron chi connectivity index (χ4n) is 4.08. The van der Waals surface area contributed by atoms with Gasteiger partial charge in [-0.3, -0.25) is 4.57 Å². The number of rotatable bonds is 12. The molecule has 2 heterocycles. The number of aromatic nitrogens is 3. The molecule has 3 N–H and O–H groups in total. The van der Waals surface area contributed by atoms with Gasteiger partial charge in [0.25, 0.3) is 0 Å². The molecule has 0 aliphatic rings. The molecule has 0 fully saturated rings. The smallest absolute Gasteiger partial charge is 0.209 e. The molecule has 0 atom stereocenters. The van der Waals surface area contributed by atoms with E-state index in [0.29, 0.717) is 18.4 Å². The molecule has 3 rings (SSSR count). The van der Waals surface area contributed by atoms with Crippen molar-refractivity contribution < 1.29 is 0 Å². The molecule has 6 heteroatoms. The first-order valence-corrected chi connectivity index (χ1v) is 13.3. The fourth-order valence-corrected chi connectivity index (χ4v) is 4.08. The van der Waals surface area contributed by atoms with Crippen LogP contribution in [-0.4, -0.2) is 34.2 Å². The van der Waals surface area contributed by atoms with E-state index in [1.54, 1.807) is 0 Å². The van der Waals surface area contributed by atoms with Crippen molar-refractivity contribution in [3.63, 3.8) is 0 Å². The molecule has 0 radical (unpaired) electrons. The number of nitrogens with two attached hydrogens (primary N) is 1. The van der Waals surface area contributed by atoms with Crippen molar-refractivity contribution in [3.8, 4) is 0 Å². The van der Waals surface area contributed by atoms with Crippen LogP contribution in [0, 0.1) is 11.8 Å². The summed E-state index contributed by atoms with van der Waals surface area (Å²) in [6.07, 6.45) is 3.18. The first-order chi connectivity index (χ1) is 16.6. The highest BCUT2D eigenvalue weighted by atomic mass is 15.3. The maximum absolute atomic E-state index is 5.88. The summed E-state index contributed by atoms with van der Waals surface area (Å²) >= 11 is 0. The van der Waals surface area contributed by atoms with Crippen molar-refractivity contribution in [3.05, 3.63) is 42.0 Å². The van der Waals surface area contributed by atoms with Crippen LogP contribution in [-0.2, 0) is 12.0 Å². The summed E-state index contributed by atoms with van der Waals surface area (Å²) in [6, 6.07) is 12.9. The average Bonchev–Trinajstić information content (AvgIpc) is 3.13. The highest BCUT2D eigenvalue weighted by Gasteiger charge is 2.17. The zero-order valence-electron chi connectivity index (χ0n) is 22.9. The number of benzene rings is 1. The van der Waals surface area contributed by atoms with Gasteiger partial charge in [0.2, 0.25) is 5.95 Å². The van der Waals surface area contributed by atoms with Crippen molar-refractivity contribution in [2.24, 2.45) is 17.6 Å². The zero-order valence-corrected chi connectivity index (χ0v) is 22.9. The molecule has 1 aromatic carbocycles. The van der Waals surface area contributed by atoms with Crippen molar-refractivity contribution in [2.75, 3.05) is 29.9 Å². The van der Waals surface area contributed by atoms with E-state index in [1.807, 2.05) is 0 Å². The van der Waals surface area contributed by atoms with Crippen LogP contribution in [0.2, 0.25) is 0 Å². The summed E-state index contributed by atoms with van der Waals surface area (Å²) in [7, 11) is 0. The third-order valence-electron chi connectivity index (χ3n) is 6.45. The molecule has 2 aromatic heterocycles. The standard InChI is InChI=1S/C29H46N6/c1-21(2)15-19-34(20-16-22(3)4)26-14-13-25-27(33-26)35(18-8-17-30)28(32-25)31-24-11-9-23(10-12-24)29(5,6)7/h9-14,21-22H,8,15-20,30H2,1-7H3,(H,31,32). The molecule has 0 aliphatic heterocycles. The molecule has 192 valence electrons. The molecular weight excluding hydrogens is 432 g/mol. The summed E-state index contributed by atoms with van der Waals surface area (Å²) in [5.74, 6) is 3.18. The van der Waals surface area contributed by atoms with E-state index in [4.69, 9.17) is 15.7 Å². The number of pyridine rings is 1. The van der Waals surface area contributed by atoms with Crippen LogP contribution < -0.4 is 16.0 Å². The van der Waals surface area contributed by atoms with Gasteiger partial charge in [-0.25, -0.2) is 9.97 Å². The summed E-state index contributed by atoms with van der Waals surface area (Å²) in [4.78, 5) is 12.5. The maximum atomic E-state index is 5.88. The number of imidazole rings is 1. The molecule has 0 bridgehead atoms. The molecule has 0 aliphatic carbocycles. The van der Waals surface area contributed by atoms with Crippen LogP contribution in [0.15, 0.2) is 36.4 Å². The van der Waals surface area contributed by atoms with E-state index < -0.39 is 0 Å². The second-order valence-electron chi connectivity index (χ2n) is 11.5. The van der Waals surface area contributed by atoms with Crippen molar-refractivity contribution in [1.82, 2.24) is 14.5 Å². The zero-order chi connectivity index (χ0) is 25.6. The molecule has 0 saturated carbocycles. The summed E-state index contributed by atoms with van der Waals surface area (Å²) in [5.41, 5.74) is 10.2. The Labute approximate surface area is 212 Å². The monoisotopic (exact) mass is 478 g/mol. The predicted molar refractivity (Wildman–Crippen MR) is 151 cm³/mol. The Hall–Kier alpha value is -2.60. The van der Waals surface area contributed by atoms with E-state index >= 15 is 0 Å². The van der Waals surface area contributed by atoms with E-state index in [2.05, 4.69) is 99.6 Å². The lowest BCUT2D eigenvalue weighted by atomic mass is 9.87. The Balaban J connectivity index is 1.94. The molecule has 6 nitrogen and oxygen atoms in total. The van der Waals surface area contributed by atoms with Crippen molar-refractivity contribution >= 4 is 28.6 Å². The summed E-state index contributed by atoms with van der Waals surface area (Å²) in [5, 5.41) is 3.54. The molecule has 0 amide bonds. The normalized spacial score (nSPS) is 12.2. The maximum Gasteiger partial charge on any atom is 0.209 e. The van der Waals surface area contributed by atoms with E-state index in [0.717, 1.165) is 67.5 Å². The van der Waals surface area contributed by atoms with Crippen LogP contribution >= 0.6 is 0 Å². The highest BCUT2D eigenvalue weighted by Crippen LogP contribution is 2.27. The first-order valence-electron chi connectivity index (χ1n) is 13.3. The van der Waals surface area contributed by atoms with Crippen LogP contribution in [0.1, 0.15) is 73.3 Å². The van der Waals surface area contributed by atoms with Gasteiger partial charge in [0.1, 0.15) is 11.3 Å². The van der Waals surface area contributed by atoms with Gasteiger partial charge in [0.15, 0.2) is 5.65 Å². The summed E-state index contributed by atoms with van der Waals surface area (Å²) in [6.45, 7) is 19.3. The van der Waals surface area contributed by atoms with Crippen LogP contribution in [0.5, 0.6) is 0 Å². The Kier molecular flexibility index (Phi) is 9.17. The number of anilines is 3. The van der Waals surface area contributed by atoms with Gasteiger partial charge in [-0.2, -0.15) is 0 Å². The number of hydrogen-bond donors (Lipinski definition) is 2. The van der Waals surface area contributed by atoms with Gasteiger partial charge in [-0.15, -0.1) is 0 Å². The summed E-state index contributed by atoms with van der Waals surface area (Å²) < 4.78 is 2.19. The SMILES string of the molecule is CC(C)CCN(CCC(C)C)c1ccc2nc(Nc3ccc(C(C)(C)C)cc3)n(CCCN)c2n1. The lowest BCUT2D eigenvalue weighted by molar-refractivity contribution is 0.533. The second-order valence-corrected chi connectivity index (χ2v) is 11.5. The Morgan fingerprint density at radius 1 is 0.914 bits per heavy atom. The minimum Gasteiger partial charge on any atom is -0.357 e. The van der Waals surface area contributed by atoms with E-state index in [9.17, 15) is 0 Å². The van der Waals surface area contributed by atoms with Crippen LogP contribution in [0.4, 0.5) is 17.5 Å². The number of aryl methyl sites for hydroxylation is 1. The molecule has 0 saturated heterocycles. The quantitative estimate of drug-likeness (QED) is 0.302. The van der Waals surface area contributed by atoms with Gasteiger partial charge in [-0.1, -0.05) is 60.6 Å². The van der Waals surface area contributed by atoms with Gasteiger partial charge in [0.05, 0.1) is 0 Å². The number of fused-ring (bicyclic) bond motifs is 1. The first kappa shape index (κ1) is 27.0. The minimum absolute atomic E-state index is 0.129. The number of nitrogens with zero attached hydrogens (tertiary/aromatic N) is 4. The predicted octanol–water partition coefficient (Wildman–Crippen LogP) is 6.72. The lowest BCUT2D eigenvalue weighted by Gasteiger charge is -2.25. The van der Waals surface area contributed by atoms with Crippen LogP contribution in [0.25, 0.3) is 11.2 Å². The van der Waals surface area contributed by atoms with Crippen molar-refractivity contribution in [2.45, 2.75) is 79.7 Å². The van der Waals surface area contributed by atoms with Crippen LogP contribution in [0.3, 0.4) is 0 Å². The highest BCUT2D eigenvalue weighted by molar-refractivity contribution is 5.78. The second kappa shape index (κ2) is 11.9. The largest absolute Gasteiger partial charge is 0.357 e. The minimum atomic E-state index is 0.129. The van der Waals surface area contributed by atoms with Gasteiger partial charge in [-0.05, 0) is 72.9 Å². The Morgan fingerprint density at radius 3 is 2.09 bits per heavy atom. The molecular formula is C29H46N6. The third-order valence-corrected chi connectivity index (χ3v) is 6.45. The number of nitrogens with one attached hydrogen (secondary N) is 1. The van der Waals surface area contributed by atoms with E-state index in [1.165, 1.54) is 5.56 Å². The lowest BCUT2D eigenvalue weighted by Crippen LogP contribution is -2.28.